The molecule has 1 N–H and O–H groups in total. The third kappa shape index (κ3) is 67.5. The summed E-state index contributed by atoms with van der Waals surface area (Å²) in [7, 11) is 5.97. The number of carboxylic acid groups (broad SMARTS) is 1. The van der Waals surface area contributed by atoms with E-state index < -0.39 is 24.3 Å². The maximum Gasteiger partial charge on any atom is 0.361 e. The predicted octanol–water partition coefficient (Wildman–Crippen LogP) is 22.2. The summed E-state index contributed by atoms with van der Waals surface area (Å²) in [6.45, 7) is 4.78. The van der Waals surface area contributed by atoms with Crippen LogP contribution in [0, 0.1) is 0 Å². The van der Waals surface area contributed by atoms with E-state index in [0.717, 1.165) is 103 Å². The Morgan fingerprint density at radius 1 is 0.360 bits per heavy atom. The molecule has 0 aromatic carbocycles. The highest BCUT2D eigenvalue weighted by Gasteiger charge is 2.25. The lowest BCUT2D eigenvalue weighted by Crippen LogP contribution is -2.40. The van der Waals surface area contributed by atoms with E-state index in [0.29, 0.717) is 23.9 Å². The van der Waals surface area contributed by atoms with Crippen molar-refractivity contribution in [3.8, 4) is 0 Å². The summed E-state index contributed by atoms with van der Waals surface area (Å²) in [6, 6.07) is 0. The summed E-state index contributed by atoms with van der Waals surface area (Å²) in [4.78, 5) is 37.6. The topological polar surface area (TPSA) is 108 Å². The zero-order valence-corrected chi connectivity index (χ0v) is 56.4. The van der Waals surface area contributed by atoms with Crippen LogP contribution in [-0.2, 0) is 33.3 Å². The average Bonchev–Trinajstić information content (AvgIpc) is 3.64. The lowest BCUT2D eigenvalue weighted by Gasteiger charge is -2.25. The Labute approximate surface area is 530 Å². The molecule has 0 bridgehead atoms. The number of allylic oxidation sites excluding steroid dienone is 18. The van der Waals surface area contributed by atoms with Gasteiger partial charge in [-0.25, -0.2) is 4.79 Å². The molecule has 0 spiro atoms. The first kappa shape index (κ1) is 82.0. The van der Waals surface area contributed by atoms with E-state index in [9.17, 15) is 19.5 Å². The Balaban J connectivity index is 4.17. The van der Waals surface area contributed by atoms with E-state index in [2.05, 4.69) is 123 Å². The van der Waals surface area contributed by atoms with Gasteiger partial charge in [0.2, 0.25) is 0 Å². The number of unbranched alkanes of at least 4 members (excludes halogenated alkanes) is 32. The molecule has 0 aliphatic carbocycles. The van der Waals surface area contributed by atoms with Crippen LogP contribution in [0.3, 0.4) is 0 Å². The summed E-state index contributed by atoms with van der Waals surface area (Å²) < 4.78 is 23.0. The minimum absolute atomic E-state index is 0.182. The second-order valence-electron chi connectivity index (χ2n) is 24.8. The molecule has 0 radical (unpaired) electrons. The Morgan fingerprint density at radius 2 is 0.663 bits per heavy atom. The first-order valence-corrected chi connectivity index (χ1v) is 35.6. The van der Waals surface area contributed by atoms with E-state index >= 15 is 0 Å². The van der Waals surface area contributed by atoms with Crippen LogP contribution in [0.2, 0.25) is 0 Å². The molecule has 0 heterocycles. The molecule has 0 amide bonds. The van der Waals surface area contributed by atoms with Crippen LogP contribution in [-0.4, -0.2) is 87.4 Å². The van der Waals surface area contributed by atoms with Crippen LogP contribution in [0.25, 0.3) is 0 Å². The van der Waals surface area contributed by atoms with Gasteiger partial charge in [0.1, 0.15) is 13.2 Å². The van der Waals surface area contributed by atoms with E-state index in [1.807, 2.05) is 21.1 Å². The molecule has 0 rings (SSSR count). The predicted molar refractivity (Wildman–Crippen MR) is 368 cm³/mol. The third-order valence-electron chi connectivity index (χ3n) is 15.3. The minimum Gasteiger partial charge on any atom is -0.477 e. The number of ether oxygens (including phenoxy) is 4. The Bertz CT molecular complexity index is 1780. The number of rotatable bonds is 65. The van der Waals surface area contributed by atoms with Gasteiger partial charge < -0.3 is 28.5 Å². The lowest BCUT2D eigenvalue weighted by atomic mass is 10.0. The lowest BCUT2D eigenvalue weighted by molar-refractivity contribution is -0.870. The molecule has 0 aliphatic heterocycles. The van der Waals surface area contributed by atoms with Gasteiger partial charge in [-0.2, -0.15) is 0 Å². The highest BCUT2D eigenvalue weighted by atomic mass is 16.7. The summed E-state index contributed by atoms with van der Waals surface area (Å²) in [5.74, 6) is -2.01. The van der Waals surface area contributed by atoms with Gasteiger partial charge in [-0.15, -0.1) is 0 Å². The van der Waals surface area contributed by atoms with Crippen LogP contribution in [0.5, 0.6) is 0 Å². The number of aliphatic carboxylic acids is 1. The van der Waals surface area contributed by atoms with Crippen molar-refractivity contribution in [3.63, 3.8) is 0 Å². The van der Waals surface area contributed by atoms with E-state index in [1.54, 1.807) is 0 Å². The Hall–Kier alpha value is -4.05. The molecular formula is C77H134NO8+. The number of likely N-dealkylation sites (N-methyl/N-ethyl adjacent to an activating group) is 1. The molecule has 0 aliphatic rings. The van der Waals surface area contributed by atoms with Gasteiger partial charge in [-0.05, 0) is 83.5 Å². The first-order valence-electron chi connectivity index (χ1n) is 35.6. The largest absolute Gasteiger partial charge is 0.477 e. The number of quaternary nitrogens is 1. The molecule has 0 saturated carbocycles. The minimum atomic E-state index is -1.52. The van der Waals surface area contributed by atoms with E-state index in [-0.39, 0.29) is 32.2 Å². The SMILES string of the molecule is CC/C=C\C/C=C\C/C=C\C/C=C\C/C=C\C/C=C\C/C=C\C/C=C\C/C=C\CCCCCCCCCC(=O)OC(COC(=O)CCCCCCCCCCCCCCCCCCCCCCCCCCCC)COC(OCC[N+](C)(C)C)C(=O)O. The number of carboxylic acids is 1. The fourth-order valence-corrected chi connectivity index (χ4v) is 9.89. The normalized spacial score (nSPS) is 13.4. The number of carbonyl (C=O) groups excluding carboxylic acids is 2. The van der Waals surface area contributed by atoms with Gasteiger partial charge in [0.25, 0.3) is 6.29 Å². The molecule has 2 unspecified atom stereocenters. The van der Waals surface area contributed by atoms with E-state index in [4.69, 9.17) is 18.9 Å². The molecule has 0 saturated heterocycles. The van der Waals surface area contributed by atoms with E-state index in [1.165, 1.54) is 167 Å². The first-order chi connectivity index (χ1) is 42.1. The summed E-state index contributed by atoms with van der Waals surface area (Å²) in [6.07, 6.45) is 90.6. The Morgan fingerprint density at radius 3 is 0.988 bits per heavy atom. The second kappa shape index (κ2) is 66.9. The maximum absolute atomic E-state index is 12.9. The van der Waals surface area contributed by atoms with Gasteiger partial charge in [-0.3, -0.25) is 9.59 Å². The molecule has 9 heteroatoms. The van der Waals surface area contributed by atoms with Crippen molar-refractivity contribution in [3.05, 3.63) is 109 Å². The highest BCUT2D eigenvalue weighted by molar-refractivity contribution is 5.71. The quantitative estimate of drug-likeness (QED) is 0.0211. The monoisotopic (exact) mass is 1200 g/mol. The molecule has 9 nitrogen and oxygen atoms in total. The maximum atomic E-state index is 12.9. The molecule has 494 valence electrons. The summed E-state index contributed by atoms with van der Waals surface area (Å²) >= 11 is 0. The molecule has 86 heavy (non-hydrogen) atoms. The molecule has 0 aromatic heterocycles. The van der Waals surface area contributed by atoms with Crippen LogP contribution >= 0.6 is 0 Å². The van der Waals surface area contributed by atoms with Crippen molar-refractivity contribution in [1.82, 2.24) is 0 Å². The van der Waals surface area contributed by atoms with Crippen LogP contribution in [0.4, 0.5) is 0 Å². The zero-order chi connectivity index (χ0) is 62.6. The fraction of sp³-hybridized carbons (Fsp3) is 0.727. The standard InChI is InChI=1S/C77H133NO8/c1-6-8-10-12-14-16-18-20-22-24-26-28-30-32-34-35-36-37-38-39-40-41-42-44-46-48-50-52-54-56-58-60-62-64-66-68-75(80)86-73(72-85-77(76(81)82)83-70-69-78(3,4)5)71-84-74(79)67-65-63-61-59-57-55-53-51-49-47-45-43-33-31-29-27-25-23-21-19-17-15-13-11-9-7-2/h8,10,14,16,20,22,26,28,32,34,36-37,39-40,42,44,48,50,73,77H,6-7,9,11-13,15,17-19,21,23-25,27,29-31,33,35,38,41,43,45-47,49,51-72H2,1-5H3/p+1/b10-8-,16-14-,22-20-,28-26-,34-32-,37-36-,40-39-,44-42-,50-48-. The van der Waals surface area contributed by atoms with Crippen molar-refractivity contribution < 1.29 is 42.9 Å². The van der Waals surface area contributed by atoms with Crippen LogP contribution in [0.1, 0.15) is 303 Å². The van der Waals surface area contributed by atoms with Crippen molar-refractivity contribution in [1.29, 1.82) is 0 Å². The number of hydrogen-bond donors (Lipinski definition) is 1. The van der Waals surface area contributed by atoms with Crippen LogP contribution in [0.15, 0.2) is 109 Å². The van der Waals surface area contributed by atoms with Crippen molar-refractivity contribution >= 4 is 17.9 Å². The van der Waals surface area contributed by atoms with Gasteiger partial charge in [0, 0.05) is 12.8 Å². The smallest absolute Gasteiger partial charge is 0.361 e. The summed E-state index contributed by atoms with van der Waals surface area (Å²) in [5, 5.41) is 9.75. The van der Waals surface area contributed by atoms with Crippen LogP contribution < -0.4 is 0 Å². The third-order valence-corrected chi connectivity index (χ3v) is 15.3. The average molecular weight is 1200 g/mol. The zero-order valence-electron chi connectivity index (χ0n) is 56.4. The second-order valence-corrected chi connectivity index (χ2v) is 24.8. The number of nitrogens with zero attached hydrogens (tertiary/aromatic N) is 1. The van der Waals surface area contributed by atoms with Crippen molar-refractivity contribution in [2.45, 2.75) is 315 Å². The fourth-order valence-electron chi connectivity index (χ4n) is 9.89. The highest BCUT2D eigenvalue weighted by Crippen LogP contribution is 2.18. The van der Waals surface area contributed by atoms with Gasteiger partial charge in [-0.1, -0.05) is 316 Å². The van der Waals surface area contributed by atoms with Gasteiger partial charge in [0.05, 0.1) is 34.4 Å². The van der Waals surface area contributed by atoms with Crippen molar-refractivity contribution in [2.75, 3.05) is 47.5 Å². The number of esters is 2. The molecule has 2 atom stereocenters. The number of hydrogen-bond acceptors (Lipinski definition) is 7. The molecular weight excluding hydrogens is 1070 g/mol. The van der Waals surface area contributed by atoms with Gasteiger partial charge in [0.15, 0.2) is 6.10 Å². The Kier molecular flexibility index (Phi) is 63.7. The number of carbonyl (C=O) groups is 3. The molecule has 0 fully saturated rings. The van der Waals surface area contributed by atoms with Crippen molar-refractivity contribution in [2.24, 2.45) is 0 Å². The molecule has 0 aromatic rings. The van der Waals surface area contributed by atoms with Gasteiger partial charge >= 0.3 is 17.9 Å². The summed E-state index contributed by atoms with van der Waals surface area (Å²) in [5.41, 5.74) is 0.